The highest BCUT2D eigenvalue weighted by atomic mass is 19.2. The molecule has 0 aliphatic rings. The van der Waals surface area contributed by atoms with Gasteiger partial charge in [-0.2, -0.15) is 0 Å². The maximum Gasteiger partial charge on any atom is 0.282 e. The first-order valence-corrected chi connectivity index (χ1v) is 7.24. The van der Waals surface area contributed by atoms with Crippen LogP contribution in [-0.4, -0.2) is 11.9 Å². The van der Waals surface area contributed by atoms with Crippen molar-refractivity contribution in [2.24, 2.45) is 0 Å². The summed E-state index contributed by atoms with van der Waals surface area (Å²) in [7, 11) is 0. The molecule has 3 nitrogen and oxygen atoms in total. The molecule has 0 saturated heterocycles. The summed E-state index contributed by atoms with van der Waals surface area (Å²) in [6, 6.07) is 10.9. The number of amides is 1. The molecule has 1 amide bonds. The summed E-state index contributed by atoms with van der Waals surface area (Å²) in [6.45, 7) is 3.60. The Morgan fingerprint density at radius 2 is 1.65 bits per heavy atom. The molecular weight excluding hydrogens is 305 g/mol. The molecule has 0 heterocycles. The van der Waals surface area contributed by atoms with Gasteiger partial charge in [0.2, 0.25) is 0 Å². The maximum atomic E-state index is 13.6. The van der Waals surface area contributed by atoms with Crippen LogP contribution in [0.4, 0.5) is 18.9 Å². The molecular formula is C17H18F3N2O+. The fourth-order valence-corrected chi connectivity index (χ4v) is 2.26. The van der Waals surface area contributed by atoms with Crippen molar-refractivity contribution >= 4 is 11.6 Å². The zero-order chi connectivity index (χ0) is 17.0. The quantitative estimate of drug-likeness (QED) is 0.817. The highest BCUT2D eigenvalue weighted by Crippen LogP contribution is 2.19. The van der Waals surface area contributed by atoms with E-state index in [2.05, 4.69) is 5.32 Å². The summed E-state index contributed by atoms with van der Waals surface area (Å²) < 4.78 is 39.6. The fourth-order valence-electron chi connectivity index (χ4n) is 2.26. The van der Waals surface area contributed by atoms with E-state index in [1.165, 1.54) is 0 Å². The molecule has 2 aromatic carbocycles. The van der Waals surface area contributed by atoms with Crippen molar-refractivity contribution in [1.29, 1.82) is 0 Å². The lowest BCUT2D eigenvalue weighted by molar-refractivity contribution is -0.709. The van der Waals surface area contributed by atoms with Crippen LogP contribution in [-0.2, 0) is 4.79 Å². The monoisotopic (exact) mass is 323 g/mol. The van der Waals surface area contributed by atoms with Crippen molar-refractivity contribution < 1.29 is 23.3 Å². The van der Waals surface area contributed by atoms with Gasteiger partial charge in [0.1, 0.15) is 6.04 Å². The van der Waals surface area contributed by atoms with E-state index in [9.17, 15) is 18.0 Å². The minimum absolute atomic E-state index is 0.0201. The second kappa shape index (κ2) is 7.28. The summed E-state index contributed by atoms with van der Waals surface area (Å²) >= 11 is 0. The van der Waals surface area contributed by atoms with E-state index in [-0.39, 0.29) is 11.7 Å². The summed E-state index contributed by atoms with van der Waals surface area (Å²) in [6.07, 6.45) is 0. The van der Waals surface area contributed by atoms with Gasteiger partial charge in [-0.15, -0.1) is 0 Å². The second-order valence-corrected chi connectivity index (χ2v) is 5.39. The first-order valence-electron chi connectivity index (χ1n) is 7.24. The topological polar surface area (TPSA) is 45.7 Å². The smallest absolute Gasteiger partial charge is 0.282 e. The second-order valence-electron chi connectivity index (χ2n) is 5.39. The molecule has 0 fully saturated rings. The number of hydrogen-bond donors (Lipinski definition) is 2. The third kappa shape index (κ3) is 4.10. The maximum absolute atomic E-state index is 13.6. The van der Waals surface area contributed by atoms with Gasteiger partial charge in [0.15, 0.2) is 23.5 Å². The lowest BCUT2D eigenvalue weighted by Crippen LogP contribution is -2.91. The molecule has 2 rings (SSSR count). The lowest BCUT2D eigenvalue weighted by Gasteiger charge is -2.17. The van der Waals surface area contributed by atoms with Gasteiger partial charge in [0, 0.05) is 5.56 Å². The highest BCUT2D eigenvalue weighted by molar-refractivity contribution is 5.93. The number of quaternary nitrogens is 1. The van der Waals surface area contributed by atoms with Gasteiger partial charge < -0.3 is 10.6 Å². The first kappa shape index (κ1) is 17.0. The number of nitrogens with one attached hydrogen (secondary N) is 1. The number of benzene rings is 2. The van der Waals surface area contributed by atoms with Gasteiger partial charge >= 0.3 is 0 Å². The molecule has 0 aliphatic carbocycles. The van der Waals surface area contributed by atoms with Crippen LogP contribution in [0.25, 0.3) is 0 Å². The van der Waals surface area contributed by atoms with E-state index < -0.39 is 29.4 Å². The zero-order valence-corrected chi connectivity index (χ0v) is 12.8. The van der Waals surface area contributed by atoms with Crippen LogP contribution in [0.1, 0.15) is 25.5 Å². The van der Waals surface area contributed by atoms with E-state index in [0.29, 0.717) is 0 Å². The van der Waals surface area contributed by atoms with E-state index in [0.717, 1.165) is 17.7 Å². The third-order valence-corrected chi connectivity index (χ3v) is 3.61. The van der Waals surface area contributed by atoms with Crippen molar-refractivity contribution in [2.75, 3.05) is 5.32 Å². The van der Waals surface area contributed by atoms with Crippen LogP contribution < -0.4 is 10.6 Å². The normalized spacial score (nSPS) is 13.4. The molecule has 0 bridgehead atoms. The molecule has 3 N–H and O–H groups in total. The predicted octanol–water partition coefficient (Wildman–Crippen LogP) is 2.76. The SMILES string of the molecule is C[C@H]([NH2+][C@H](C)c1ccccc1)C(=O)Nc1ccc(F)c(F)c1F. The average Bonchev–Trinajstić information content (AvgIpc) is 2.56. The Balaban J connectivity index is 2.02. The molecule has 122 valence electrons. The number of rotatable bonds is 5. The minimum Gasteiger partial charge on any atom is -0.330 e. The van der Waals surface area contributed by atoms with Gasteiger partial charge in [-0.25, -0.2) is 13.2 Å². The van der Waals surface area contributed by atoms with Crippen molar-refractivity contribution in [3.05, 3.63) is 65.5 Å². The number of carbonyl (C=O) groups excluding carboxylic acids is 1. The summed E-state index contributed by atoms with van der Waals surface area (Å²) in [5, 5.41) is 4.09. The van der Waals surface area contributed by atoms with E-state index >= 15 is 0 Å². The first-order chi connectivity index (χ1) is 10.9. The molecule has 6 heteroatoms. The standard InChI is InChI=1S/C17H17F3N2O/c1-10(12-6-4-3-5-7-12)21-11(2)17(23)22-14-9-8-13(18)15(19)16(14)20/h3-11,21H,1-2H3,(H,22,23)/p+1/t10-,11+/m1/s1. The molecule has 0 aromatic heterocycles. The van der Waals surface area contributed by atoms with E-state index in [1.807, 2.05) is 42.6 Å². The Morgan fingerprint density at radius 1 is 1.00 bits per heavy atom. The van der Waals surface area contributed by atoms with Crippen LogP contribution in [0, 0.1) is 17.5 Å². The third-order valence-electron chi connectivity index (χ3n) is 3.61. The number of carbonyl (C=O) groups is 1. The van der Waals surface area contributed by atoms with Crippen molar-refractivity contribution in [3.63, 3.8) is 0 Å². The lowest BCUT2D eigenvalue weighted by atomic mass is 10.1. The van der Waals surface area contributed by atoms with Gasteiger partial charge in [0.05, 0.1) is 5.69 Å². The van der Waals surface area contributed by atoms with Gasteiger partial charge in [-0.3, -0.25) is 4.79 Å². The molecule has 2 aromatic rings. The molecule has 0 spiro atoms. The van der Waals surface area contributed by atoms with E-state index in [4.69, 9.17) is 0 Å². The number of anilines is 1. The summed E-state index contributed by atoms with van der Waals surface area (Å²) in [5.41, 5.74) is 0.674. The van der Waals surface area contributed by atoms with Crippen LogP contribution in [0.3, 0.4) is 0 Å². The Morgan fingerprint density at radius 3 is 2.30 bits per heavy atom. The molecule has 0 unspecified atom stereocenters. The van der Waals surface area contributed by atoms with Crippen molar-refractivity contribution in [3.8, 4) is 0 Å². The van der Waals surface area contributed by atoms with Gasteiger partial charge in [0.25, 0.3) is 5.91 Å². The van der Waals surface area contributed by atoms with E-state index in [1.54, 1.807) is 6.92 Å². The number of hydrogen-bond acceptors (Lipinski definition) is 1. The highest BCUT2D eigenvalue weighted by Gasteiger charge is 2.22. The molecule has 2 atom stereocenters. The van der Waals surface area contributed by atoms with Crippen molar-refractivity contribution in [1.82, 2.24) is 0 Å². The van der Waals surface area contributed by atoms with Gasteiger partial charge in [-0.1, -0.05) is 30.3 Å². The summed E-state index contributed by atoms with van der Waals surface area (Å²) in [5.74, 6) is -4.78. The largest absolute Gasteiger partial charge is 0.330 e. The summed E-state index contributed by atoms with van der Waals surface area (Å²) in [4.78, 5) is 12.1. The Labute approximate surface area is 132 Å². The van der Waals surface area contributed by atoms with Crippen LogP contribution in [0.15, 0.2) is 42.5 Å². The van der Waals surface area contributed by atoms with Crippen LogP contribution in [0.2, 0.25) is 0 Å². The predicted molar refractivity (Wildman–Crippen MR) is 81.2 cm³/mol. The van der Waals surface area contributed by atoms with Gasteiger partial charge in [-0.05, 0) is 26.0 Å². The average molecular weight is 323 g/mol. The molecule has 23 heavy (non-hydrogen) atoms. The Bertz CT molecular complexity index is 692. The molecule has 0 radical (unpaired) electrons. The molecule has 0 saturated carbocycles. The Kier molecular flexibility index (Phi) is 5.39. The zero-order valence-electron chi connectivity index (χ0n) is 12.8. The minimum atomic E-state index is -1.60. The Hall–Kier alpha value is -2.34. The number of halogens is 3. The van der Waals surface area contributed by atoms with Crippen molar-refractivity contribution in [2.45, 2.75) is 25.9 Å². The fraction of sp³-hybridized carbons (Fsp3) is 0.235. The molecule has 0 aliphatic heterocycles. The van der Waals surface area contributed by atoms with Crippen LogP contribution in [0.5, 0.6) is 0 Å². The van der Waals surface area contributed by atoms with Crippen LogP contribution >= 0.6 is 0 Å². The number of nitrogens with two attached hydrogens (primary N) is 1.